The number of methoxy groups -OCH3 is 1. The molecule has 0 saturated heterocycles. The van der Waals surface area contributed by atoms with Crippen molar-refractivity contribution >= 4 is 23.2 Å². The molecule has 24 heavy (non-hydrogen) atoms. The molecule has 0 radical (unpaired) electrons. The first-order valence-corrected chi connectivity index (χ1v) is 8.81. The van der Waals surface area contributed by atoms with E-state index in [0.29, 0.717) is 17.4 Å². The molecule has 128 valence electrons. The Hall–Kier alpha value is -1.99. The van der Waals surface area contributed by atoms with E-state index in [1.54, 1.807) is 7.11 Å². The summed E-state index contributed by atoms with van der Waals surface area (Å²) in [6.45, 7) is 0.533. The predicted octanol–water partition coefficient (Wildman–Crippen LogP) is 2.56. The number of carbonyl (C=O) groups is 1. The lowest BCUT2D eigenvalue weighted by Gasteiger charge is -2.26. The van der Waals surface area contributed by atoms with Gasteiger partial charge in [-0.2, -0.15) is 0 Å². The summed E-state index contributed by atoms with van der Waals surface area (Å²) in [6, 6.07) is 3.76. The third-order valence-corrected chi connectivity index (χ3v) is 5.10. The Morgan fingerprint density at radius 1 is 1.46 bits per heavy atom. The van der Waals surface area contributed by atoms with Crippen LogP contribution in [-0.4, -0.2) is 37.1 Å². The molecule has 3 rings (SSSR count). The number of anilines is 1. The summed E-state index contributed by atoms with van der Waals surface area (Å²) >= 11 is 1.47. The first kappa shape index (κ1) is 16.9. The molecule has 1 aliphatic rings. The summed E-state index contributed by atoms with van der Waals surface area (Å²) in [4.78, 5) is 25.2. The summed E-state index contributed by atoms with van der Waals surface area (Å²) < 4.78 is 5.11. The van der Waals surface area contributed by atoms with Gasteiger partial charge in [-0.1, -0.05) is 0 Å². The van der Waals surface area contributed by atoms with Gasteiger partial charge in [0, 0.05) is 37.8 Å². The van der Waals surface area contributed by atoms with Gasteiger partial charge in [0.2, 0.25) is 5.95 Å². The number of fused-ring (bicyclic) bond motifs is 1. The van der Waals surface area contributed by atoms with E-state index in [0.717, 1.165) is 35.4 Å². The van der Waals surface area contributed by atoms with Crippen LogP contribution >= 0.6 is 11.3 Å². The second-order valence-electron chi connectivity index (χ2n) is 6.08. The highest BCUT2D eigenvalue weighted by molar-refractivity contribution is 7.14. The zero-order chi connectivity index (χ0) is 17.1. The second kappa shape index (κ2) is 7.27. The minimum absolute atomic E-state index is 0.0227. The molecule has 2 aromatic heterocycles. The van der Waals surface area contributed by atoms with E-state index in [-0.39, 0.29) is 11.9 Å². The number of rotatable bonds is 5. The lowest BCUT2D eigenvalue weighted by molar-refractivity contribution is 0.0936. The molecule has 6 nitrogen and oxygen atoms in total. The number of carbonyl (C=O) groups excluding carboxylic acids is 1. The van der Waals surface area contributed by atoms with E-state index < -0.39 is 0 Å². The molecule has 0 bridgehead atoms. The minimum Gasteiger partial charge on any atom is -0.379 e. The van der Waals surface area contributed by atoms with Crippen LogP contribution < -0.4 is 10.2 Å². The smallest absolute Gasteiger partial charge is 0.261 e. The molecule has 2 aromatic rings. The molecule has 0 spiro atoms. The van der Waals surface area contributed by atoms with Crippen molar-refractivity contribution in [2.24, 2.45) is 0 Å². The zero-order valence-electron chi connectivity index (χ0n) is 14.2. The molecule has 1 atom stereocenters. The van der Waals surface area contributed by atoms with E-state index in [9.17, 15) is 4.79 Å². The molecular formula is C17H22N4O2S. The Kier molecular flexibility index (Phi) is 5.11. The van der Waals surface area contributed by atoms with Gasteiger partial charge in [-0.05, 0) is 31.4 Å². The Bertz CT molecular complexity index is 729. The summed E-state index contributed by atoms with van der Waals surface area (Å²) in [6.07, 6.45) is 4.72. The van der Waals surface area contributed by atoms with Gasteiger partial charge in [-0.15, -0.1) is 11.3 Å². The summed E-state index contributed by atoms with van der Waals surface area (Å²) in [5.74, 6) is 0.667. The van der Waals surface area contributed by atoms with Crippen molar-refractivity contribution in [1.82, 2.24) is 15.3 Å². The van der Waals surface area contributed by atoms with Gasteiger partial charge in [-0.25, -0.2) is 9.97 Å². The predicted molar refractivity (Wildman–Crippen MR) is 94.5 cm³/mol. The van der Waals surface area contributed by atoms with Gasteiger partial charge in [0.05, 0.1) is 23.2 Å². The van der Waals surface area contributed by atoms with Crippen LogP contribution in [0.1, 0.15) is 44.7 Å². The van der Waals surface area contributed by atoms with Crippen LogP contribution in [0.25, 0.3) is 0 Å². The molecule has 0 fully saturated rings. The number of nitrogens with one attached hydrogen (secondary N) is 1. The number of hydrogen-bond acceptors (Lipinski definition) is 6. The number of thiophene rings is 1. The van der Waals surface area contributed by atoms with Crippen LogP contribution in [0.4, 0.5) is 5.95 Å². The van der Waals surface area contributed by atoms with Crippen molar-refractivity contribution in [3.8, 4) is 0 Å². The average molecular weight is 346 g/mol. The van der Waals surface area contributed by atoms with Gasteiger partial charge in [0.1, 0.15) is 0 Å². The van der Waals surface area contributed by atoms with Crippen molar-refractivity contribution in [1.29, 1.82) is 0 Å². The topological polar surface area (TPSA) is 67.3 Å². The highest BCUT2D eigenvalue weighted by Crippen LogP contribution is 2.29. The maximum atomic E-state index is 12.5. The molecule has 2 heterocycles. The Labute approximate surface area is 145 Å². The number of ether oxygens (including phenoxy) is 1. The standard InChI is InChI=1S/C17H22N4O2S/c1-21(2)17-18-9-12-13(5-4-6-14(12)20-17)19-16(22)15-8-7-11(24-15)10-23-3/h7-9,13H,4-6,10H2,1-3H3,(H,19,22)/t13-/m0/s1. The fourth-order valence-corrected chi connectivity index (χ4v) is 3.73. The van der Waals surface area contributed by atoms with Crippen LogP contribution in [-0.2, 0) is 17.8 Å². The Morgan fingerprint density at radius 2 is 2.29 bits per heavy atom. The largest absolute Gasteiger partial charge is 0.379 e. The second-order valence-corrected chi connectivity index (χ2v) is 7.25. The third-order valence-electron chi connectivity index (χ3n) is 4.05. The molecule has 1 N–H and O–H groups in total. The number of aromatic nitrogens is 2. The SMILES string of the molecule is COCc1ccc(C(=O)N[C@H]2CCCc3nc(N(C)C)ncc32)s1. The van der Waals surface area contributed by atoms with E-state index in [4.69, 9.17) is 4.74 Å². The van der Waals surface area contributed by atoms with Gasteiger partial charge < -0.3 is 15.0 Å². The number of hydrogen-bond donors (Lipinski definition) is 1. The third kappa shape index (κ3) is 3.57. The molecule has 0 unspecified atom stereocenters. The van der Waals surface area contributed by atoms with Gasteiger partial charge in [0.25, 0.3) is 5.91 Å². The van der Waals surface area contributed by atoms with E-state index in [1.165, 1.54) is 11.3 Å². The molecule has 0 aliphatic heterocycles. The average Bonchev–Trinajstić information content (AvgIpc) is 3.04. The lowest BCUT2D eigenvalue weighted by atomic mass is 9.92. The quantitative estimate of drug-likeness (QED) is 0.901. The van der Waals surface area contributed by atoms with Crippen LogP contribution in [0, 0.1) is 0 Å². The summed E-state index contributed by atoms with van der Waals surface area (Å²) in [7, 11) is 5.51. The van der Waals surface area contributed by atoms with E-state index in [2.05, 4.69) is 15.3 Å². The number of nitrogens with zero attached hydrogens (tertiary/aromatic N) is 3. The summed E-state index contributed by atoms with van der Waals surface area (Å²) in [5, 5.41) is 3.13. The molecule has 0 saturated carbocycles. The zero-order valence-corrected chi connectivity index (χ0v) is 15.0. The summed E-state index contributed by atoms with van der Waals surface area (Å²) in [5.41, 5.74) is 2.07. The first-order valence-electron chi connectivity index (χ1n) is 8.00. The maximum absolute atomic E-state index is 12.5. The molecule has 0 aromatic carbocycles. The van der Waals surface area contributed by atoms with Crippen LogP contribution in [0.5, 0.6) is 0 Å². The van der Waals surface area contributed by atoms with E-state index in [1.807, 2.05) is 37.3 Å². The lowest BCUT2D eigenvalue weighted by Crippen LogP contribution is -2.31. The molecule has 1 amide bonds. The van der Waals surface area contributed by atoms with Gasteiger partial charge in [0.15, 0.2) is 0 Å². The van der Waals surface area contributed by atoms with Crippen molar-refractivity contribution < 1.29 is 9.53 Å². The van der Waals surface area contributed by atoms with Crippen LogP contribution in [0.2, 0.25) is 0 Å². The monoisotopic (exact) mass is 346 g/mol. The van der Waals surface area contributed by atoms with Crippen molar-refractivity contribution in [2.45, 2.75) is 31.9 Å². The first-order chi connectivity index (χ1) is 11.6. The Balaban J connectivity index is 1.75. The van der Waals surface area contributed by atoms with E-state index >= 15 is 0 Å². The maximum Gasteiger partial charge on any atom is 0.261 e. The van der Waals surface area contributed by atoms with Crippen molar-refractivity contribution in [3.05, 3.63) is 39.3 Å². The van der Waals surface area contributed by atoms with Crippen molar-refractivity contribution in [3.63, 3.8) is 0 Å². The molecule has 1 aliphatic carbocycles. The Morgan fingerprint density at radius 3 is 3.04 bits per heavy atom. The van der Waals surface area contributed by atoms with Gasteiger partial charge >= 0.3 is 0 Å². The van der Waals surface area contributed by atoms with Crippen LogP contribution in [0.3, 0.4) is 0 Å². The number of aryl methyl sites for hydroxylation is 1. The van der Waals surface area contributed by atoms with Crippen molar-refractivity contribution in [2.75, 3.05) is 26.1 Å². The molecular weight excluding hydrogens is 324 g/mol. The fraction of sp³-hybridized carbons (Fsp3) is 0.471. The normalized spacial score (nSPS) is 16.5. The molecule has 7 heteroatoms. The highest BCUT2D eigenvalue weighted by Gasteiger charge is 2.25. The number of amides is 1. The van der Waals surface area contributed by atoms with Gasteiger partial charge in [-0.3, -0.25) is 4.79 Å². The highest BCUT2D eigenvalue weighted by atomic mass is 32.1. The van der Waals surface area contributed by atoms with Crippen LogP contribution in [0.15, 0.2) is 18.3 Å². The fourth-order valence-electron chi connectivity index (χ4n) is 2.85. The minimum atomic E-state index is -0.0445.